The molecule has 2 aromatic carbocycles. The van der Waals surface area contributed by atoms with Crippen molar-refractivity contribution >= 4 is 74.6 Å². The predicted octanol–water partition coefficient (Wildman–Crippen LogP) is 4.74. The molecule has 0 saturated carbocycles. The smallest absolute Gasteiger partial charge is 0.266 e. The van der Waals surface area contributed by atoms with Gasteiger partial charge in [-0.05, 0) is 18.2 Å². The predicted molar refractivity (Wildman–Crippen MR) is 114 cm³/mol. The quantitative estimate of drug-likeness (QED) is 0.505. The van der Waals surface area contributed by atoms with Gasteiger partial charge in [-0.1, -0.05) is 71.4 Å². The van der Waals surface area contributed by atoms with Crippen LogP contribution in [-0.2, 0) is 16.1 Å². The van der Waals surface area contributed by atoms with Crippen LogP contribution in [0.5, 0.6) is 0 Å². The molecule has 0 spiro atoms. The Morgan fingerprint density at radius 1 is 1.00 bits per heavy atom. The highest BCUT2D eigenvalue weighted by atomic mass is 35.5. The zero-order chi connectivity index (χ0) is 19.3. The van der Waals surface area contributed by atoms with Gasteiger partial charge in [0, 0.05) is 28.2 Å². The highest BCUT2D eigenvalue weighted by Gasteiger charge is 2.41. The molecule has 4 rings (SSSR count). The summed E-state index contributed by atoms with van der Waals surface area (Å²) in [7, 11) is 1.61. The number of amides is 2. The van der Waals surface area contributed by atoms with Gasteiger partial charge in [-0.25, -0.2) is 0 Å². The van der Waals surface area contributed by atoms with Gasteiger partial charge in [0.05, 0.1) is 22.7 Å². The number of anilines is 1. The van der Waals surface area contributed by atoms with E-state index in [9.17, 15) is 9.59 Å². The molecule has 2 heterocycles. The number of thioether (sulfide) groups is 1. The number of halogens is 2. The Bertz CT molecular complexity index is 1030. The summed E-state index contributed by atoms with van der Waals surface area (Å²) in [4.78, 5) is 29.2. The minimum absolute atomic E-state index is 0.213. The molecule has 0 atom stereocenters. The van der Waals surface area contributed by atoms with Gasteiger partial charge in [0.25, 0.3) is 11.8 Å². The molecule has 0 unspecified atom stereocenters. The summed E-state index contributed by atoms with van der Waals surface area (Å²) < 4.78 is 0.431. The highest BCUT2D eigenvalue weighted by molar-refractivity contribution is 8.26. The summed E-state index contributed by atoms with van der Waals surface area (Å²) in [6.45, 7) is 0.213. The summed E-state index contributed by atoms with van der Waals surface area (Å²) in [5.41, 5.74) is 2.46. The highest BCUT2D eigenvalue weighted by Crippen LogP contribution is 2.45. The lowest BCUT2D eigenvalue weighted by Crippen LogP contribution is -2.27. The third kappa shape index (κ3) is 2.97. The number of fused-ring (bicyclic) bond motifs is 1. The molecular formula is C19H12Cl2N2O2S2. The van der Waals surface area contributed by atoms with Gasteiger partial charge >= 0.3 is 0 Å². The Kier molecular flexibility index (Phi) is 4.76. The normalized spacial score (nSPS) is 19.3. The Labute approximate surface area is 175 Å². The number of benzene rings is 2. The largest absolute Gasteiger partial charge is 0.303 e. The van der Waals surface area contributed by atoms with Crippen LogP contribution in [0.3, 0.4) is 0 Å². The van der Waals surface area contributed by atoms with E-state index in [1.165, 1.54) is 4.90 Å². The average Bonchev–Trinajstić information content (AvgIpc) is 3.06. The number of hydrogen-bond acceptors (Lipinski definition) is 4. The van der Waals surface area contributed by atoms with Gasteiger partial charge in [-0.15, -0.1) is 0 Å². The van der Waals surface area contributed by atoms with Crippen molar-refractivity contribution in [2.24, 2.45) is 0 Å². The maximum Gasteiger partial charge on any atom is 0.266 e. The topological polar surface area (TPSA) is 40.6 Å². The van der Waals surface area contributed by atoms with E-state index in [0.29, 0.717) is 36.0 Å². The summed E-state index contributed by atoms with van der Waals surface area (Å²) in [6, 6.07) is 12.6. The van der Waals surface area contributed by atoms with Crippen molar-refractivity contribution in [2.45, 2.75) is 6.54 Å². The van der Waals surface area contributed by atoms with Crippen molar-refractivity contribution in [1.82, 2.24) is 4.90 Å². The van der Waals surface area contributed by atoms with Gasteiger partial charge in [0.1, 0.15) is 4.32 Å². The molecule has 27 heavy (non-hydrogen) atoms. The lowest BCUT2D eigenvalue weighted by Gasteiger charge is -2.19. The molecule has 4 nitrogen and oxygen atoms in total. The Morgan fingerprint density at radius 3 is 2.30 bits per heavy atom. The van der Waals surface area contributed by atoms with Gasteiger partial charge < -0.3 is 4.90 Å². The summed E-state index contributed by atoms with van der Waals surface area (Å²) in [5.74, 6) is -0.526. The second-order valence-corrected chi connectivity index (χ2v) is 8.50. The van der Waals surface area contributed by atoms with Gasteiger partial charge in [-0.2, -0.15) is 0 Å². The number of carbonyl (C=O) groups is 2. The molecule has 2 aliphatic rings. The van der Waals surface area contributed by atoms with Gasteiger partial charge in [-0.3, -0.25) is 14.5 Å². The number of nitrogens with zero attached hydrogens (tertiary/aromatic N) is 2. The minimum Gasteiger partial charge on any atom is -0.303 e. The second-order valence-electron chi connectivity index (χ2n) is 6.04. The number of carbonyl (C=O) groups excluding carboxylic acids is 2. The first kappa shape index (κ1) is 18.5. The molecule has 136 valence electrons. The molecule has 2 aromatic rings. The van der Waals surface area contributed by atoms with E-state index in [1.807, 2.05) is 24.3 Å². The van der Waals surface area contributed by atoms with E-state index in [2.05, 4.69) is 0 Å². The van der Waals surface area contributed by atoms with Crippen LogP contribution < -0.4 is 4.90 Å². The molecule has 1 saturated heterocycles. The van der Waals surface area contributed by atoms with Crippen LogP contribution in [0, 0.1) is 0 Å². The molecule has 0 aromatic heterocycles. The molecular weight excluding hydrogens is 423 g/mol. The van der Waals surface area contributed by atoms with Crippen molar-refractivity contribution in [3.05, 3.63) is 68.5 Å². The monoisotopic (exact) mass is 434 g/mol. The number of rotatable bonds is 2. The molecule has 0 bridgehead atoms. The van der Waals surface area contributed by atoms with Crippen LogP contribution >= 0.6 is 47.2 Å². The van der Waals surface area contributed by atoms with E-state index < -0.39 is 0 Å². The minimum atomic E-state index is -0.263. The fourth-order valence-corrected chi connectivity index (χ4v) is 4.86. The van der Waals surface area contributed by atoms with E-state index in [0.717, 1.165) is 17.4 Å². The van der Waals surface area contributed by atoms with Crippen LogP contribution in [-0.4, -0.2) is 28.1 Å². The second kappa shape index (κ2) is 6.95. The van der Waals surface area contributed by atoms with Crippen LogP contribution in [0.25, 0.3) is 5.57 Å². The molecule has 2 aliphatic heterocycles. The fourth-order valence-electron chi connectivity index (χ4n) is 3.09. The summed E-state index contributed by atoms with van der Waals surface area (Å²) in [6.07, 6.45) is 0. The van der Waals surface area contributed by atoms with E-state index in [4.69, 9.17) is 35.4 Å². The number of hydrogen-bond donors (Lipinski definition) is 0. The third-order valence-electron chi connectivity index (χ3n) is 4.49. The van der Waals surface area contributed by atoms with Crippen LogP contribution in [0.1, 0.15) is 11.1 Å². The number of likely N-dealkylation sites (N-methyl/N-ethyl adjacent to an activating group) is 1. The summed E-state index contributed by atoms with van der Waals surface area (Å²) >= 11 is 18.9. The zero-order valence-corrected chi connectivity index (χ0v) is 17.2. The molecule has 2 amide bonds. The molecule has 8 heteroatoms. The Morgan fingerprint density at radius 2 is 1.67 bits per heavy atom. The molecule has 1 fully saturated rings. The van der Waals surface area contributed by atoms with Crippen molar-refractivity contribution in [2.75, 3.05) is 11.9 Å². The van der Waals surface area contributed by atoms with Crippen LogP contribution in [0.4, 0.5) is 5.69 Å². The standard InChI is InChI=1S/C19H12Cl2N2O2S2/c1-22-18(25)16(27-19(22)26)15-10-5-2-3-8-14(10)23(17(15)24)9-11-12(20)6-4-7-13(11)21/h2-8H,9H2,1H3/b16-15+. The van der Waals surface area contributed by atoms with Crippen molar-refractivity contribution in [3.8, 4) is 0 Å². The van der Waals surface area contributed by atoms with Gasteiger partial charge in [0.15, 0.2) is 0 Å². The maximum atomic E-state index is 13.3. The Hall–Kier alpha value is -1.86. The molecule has 0 radical (unpaired) electrons. The van der Waals surface area contributed by atoms with Gasteiger partial charge in [0.2, 0.25) is 0 Å². The number of para-hydroxylation sites is 1. The first-order valence-corrected chi connectivity index (χ1v) is 9.96. The molecule has 0 aliphatic carbocycles. The lowest BCUT2D eigenvalue weighted by molar-refractivity contribution is -0.121. The Balaban J connectivity index is 1.84. The zero-order valence-electron chi connectivity index (χ0n) is 14.0. The van der Waals surface area contributed by atoms with Crippen molar-refractivity contribution in [3.63, 3.8) is 0 Å². The van der Waals surface area contributed by atoms with E-state index >= 15 is 0 Å². The first-order chi connectivity index (χ1) is 12.9. The maximum absolute atomic E-state index is 13.3. The first-order valence-electron chi connectivity index (χ1n) is 7.98. The third-order valence-corrected chi connectivity index (χ3v) is 6.75. The average molecular weight is 435 g/mol. The van der Waals surface area contributed by atoms with Crippen molar-refractivity contribution in [1.29, 1.82) is 0 Å². The fraction of sp³-hybridized carbons (Fsp3) is 0.105. The number of thiocarbonyl (C=S) groups is 1. The van der Waals surface area contributed by atoms with E-state index in [1.54, 1.807) is 30.1 Å². The lowest BCUT2D eigenvalue weighted by atomic mass is 10.1. The summed E-state index contributed by atoms with van der Waals surface area (Å²) in [5, 5.41) is 0.974. The SMILES string of the molecule is CN1C(=O)/C(=C2\C(=O)N(Cc3c(Cl)cccc3Cl)c3ccccc32)SC1=S. The van der Waals surface area contributed by atoms with Crippen molar-refractivity contribution < 1.29 is 9.59 Å². The molecule has 0 N–H and O–H groups in total. The van der Waals surface area contributed by atoms with E-state index in [-0.39, 0.29) is 18.4 Å². The van der Waals surface area contributed by atoms with Crippen LogP contribution in [0.2, 0.25) is 10.0 Å². The van der Waals surface area contributed by atoms with Crippen LogP contribution in [0.15, 0.2) is 47.4 Å².